The second-order valence-electron chi connectivity index (χ2n) is 5.74. The number of aromatic nitrogens is 2. The molecule has 0 aliphatic carbocycles. The van der Waals surface area contributed by atoms with Gasteiger partial charge in [-0.05, 0) is 24.0 Å². The fourth-order valence-corrected chi connectivity index (χ4v) is 1.93. The van der Waals surface area contributed by atoms with Crippen LogP contribution in [0.25, 0.3) is 0 Å². The van der Waals surface area contributed by atoms with E-state index in [4.69, 9.17) is 4.42 Å². The predicted molar refractivity (Wildman–Crippen MR) is 75.8 cm³/mol. The molecule has 0 saturated carbocycles. The maximum Gasteiger partial charge on any atom is 0.133 e. The minimum atomic E-state index is 0.000764. The van der Waals surface area contributed by atoms with Crippen molar-refractivity contribution in [1.82, 2.24) is 14.9 Å². The van der Waals surface area contributed by atoms with E-state index in [9.17, 15) is 0 Å². The molecule has 0 amide bonds. The van der Waals surface area contributed by atoms with Crippen molar-refractivity contribution < 1.29 is 4.42 Å². The summed E-state index contributed by atoms with van der Waals surface area (Å²) in [6.07, 6.45) is 6.61. The number of imidazole rings is 1. The van der Waals surface area contributed by atoms with E-state index in [1.165, 1.54) is 0 Å². The van der Waals surface area contributed by atoms with E-state index in [2.05, 4.69) is 31.1 Å². The third kappa shape index (κ3) is 3.26. The standard InChI is InChI=1S/C15H23N3O/c1-5-15(2,3)11-17-13(12-7-6-10-19-12)14-16-8-9-18(14)4/h6-10,13,17H,5,11H2,1-4H3. The smallest absolute Gasteiger partial charge is 0.133 e. The summed E-state index contributed by atoms with van der Waals surface area (Å²) in [6, 6.07) is 3.91. The minimum absolute atomic E-state index is 0.000764. The number of furan rings is 1. The number of nitrogens with zero attached hydrogens (tertiary/aromatic N) is 2. The van der Waals surface area contributed by atoms with Crippen LogP contribution in [0.15, 0.2) is 35.2 Å². The summed E-state index contributed by atoms with van der Waals surface area (Å²) in [6.45, 7) is 7.65. The molecule has 0 radical (unpaired) electrons. The molecule has 0 aromatic carbocycles. The lowest BCUT2D eigenvalue weighted by Crippen LogP contribution is -2.33. The van der Waals surface area contributed by atoms with Gasteiger partial charge in [0.05, 0.1) is 6.26 Å². The molecule has 1 N–H and O–H groups in total. The zero-order valence-corrected chi connectivity index (χ0v) is 12.2. The lowest BCUT2D eigenvalue weighted by atomic mass is 9.90. The maximum absolute atomic E-state index is 5.56. The highest BCUT2D eigenvalue weighted by Crippen LogP contribution is 2.24. The van der Waals surface area contributed by atoms with Crippen LogP contribution < -0.4 is 5.32 Å². The first-order valence-electron chi connectivity index (χ1n) is 6.77. The predicted octanol–water partition coefficient (Wildman–Crippen LogP) is 3.13. The lowest BCUT2D eigenvalue weighted by Gasteiger charge is -2.26. The van der Waals surface area contributed by atoms with Gasteiger partial charge in [-0.2, -0.15) is 0 Å². The summed E-state index contributed by atoms with van der Waals surface area (Å²) in [5.74, 6) is 1.88. The monoisotopic (exact) mass is 261 g/mol. The molecule has 0 fully saturated rings. The second kappa shape index (κ2) is 5.61. The summed E-state index contributed by atoms with van der Waals surface area (Å²) >= 11 is 0. The largest absolute Gasteiger partial charge is 0.467 e. The van der Waals surface area contributed by atoms with E-state index < -0.39 is 0 Å². The summed E-state index contributed by atoms with van der Waals surface area (Å²) in [5, 5.41) is 3.58. The Morgan fingerprint density at radius 1 is 1.47 bits per heavy atom. The average molecular weight is 261 g/mol. The Morgan fingerprint density at radius 2 is 2.26 bits per heavy atom. The molecule has 19 heavy (non-hydrogen) atoms. The molecule has 0 spiro atoms. The van der Waals surface area contributed by atoms with Crippen LogP contribution in [0.4, 0.5) is 0 Å². The third-order valence-corrected chi connectivity index (χ3v) is 3.69. The van der Waals surface area contributed by atoms with Crippen LogP contribution in [0.5, 0.6) is 0 Å². The van der Waals surface area contributed by atoms with Gasteiger partial charge in [0.1, 0.15) is 17.6 Å². The topological polar surface area (TPSA) is 43.0 Å². The fraction of sp³-hybridized carbons (Fsp3) is 0.533. The molecule has 2 heterocycles. The van der Waals surface area contributed by atoms with Crippen molar-refractivity contribution in [2.45, 2.75) is 33.2 Å². The summed E-state index contributed by atoms with van der Waals surface area (Å²) in [7, 11) is 2.00. The van der Waals surface area contributed by atoms with E-state index in [0.717, 1.165) is 24.6 Å². The van der Waals surface area contributed by atoms with Crippen LogP contribution in [0, 0.1) is 5.41 Å². The minimum Gasteiger partial charge on any atom is -0.467 e. The lowest BCUT2D eigenvalue weighted by molar-refractivity contribution is 0.303. The van der Waals surface area contributed by atoms with E-state index in [-0.39, 0.29) is 11.5 Å². The Bertz CT molecular complexity index is 499. The molecular weight excluding hydrogens is 238 g/mol. The molecule has 4 nitrogen and oxygen atoms in total. The number of rotatable bonds is 6. The van der Waals surface area contributed by atoms with Gasteiger partial charge in [-0.25, -0.2) is 4.98 Å². The zero-order valence-electron chi connectivity index (χ0n) is 12.2. The van der Waals surface area contributed by atoms with Gasteiger partial charge in [0, 0.05) is 26.0 Å². The second-order valence-corrected chi connectivity index (χ2v) is 5.74. The average Bonchev–Trinajstić information content (AvgIpc) is 3.02. The maximum atomic E-state index is 5.56. The number of aryl methyl sites for hydroxylation is 1. The van der Waals surface area contributed by atoms with Crippen molar-refractivity contribution in [3.63, 3.8) is 0 Å². The number of hydrogen-bond donors (Lipinski definition) is 1. The van der Waals surface area contributed by atoms with Crippen molar-refractivity contribution in [2.24, 2.45) is 12.5 Å². The van der Waals surface area contributed by atoms with Gasteiger partial charge in [-0.1, -0.05) is 20.8 Å². The molecular formula is C15H23N3O. The molecule has 104 valence electrons. The third-order valence-electron chi connectivity index (χ3n) is 3.69. The fourth-order valence-electron chi connectivity index (χ4n) is 1.93. The van der Waals surface area contributed by atoms with Crippen LogP contribution in [-0.4, -0.2) is 16.1 Å². The van der Waals surface area contributed by atoms with Crippen molar-refractivity contribution in [3.8, 4) is 0 Å². The highest BCUT2D eigenvalue weighted by molar-refractivity contribution is 5.15. The Balaban J connectivity index is 2.19. The van der Waals surface area contributed by atoms with Gasteiger partial charge < -0.3 is 14.3 Å². The summed E-state index contributed by atoms with van der Waals surface area (Å²) < 4.78 is 7.58. The van der Waals surface area contributed by atoms with E-state index >= 15 is 0 Å². The van der Waals surface area contributed by atoms with Crippen molar-refractivity contribution in [1.29, 1.82) is 0 Å². The van der Waals surface area contributed by atoms with Crippen molar-refractivity contribution in [3.05, 3.63) is 42.4 Å². The van der Waals surface area contributed by atoms with Crippen LogP contribution in [0.1, 0.15) is 44.8 Å². The Labute approximate surface area is 114 Å². The molecule has 1 atom stereocenters. The molecule has 0 saturated heterocycles. The molecule has 1 unspecified atom stereocenters. The molecule has 0 bridgehead atoms. The Morgan fingerprint density at radius 3 is 2.79 bits per heavy atom. The molecule has 0 aliphatic heterocycles. The SMILES string of the molecule is CCC(C)(C)CNC(c1ccco1)c1nccn1C. The number of nitrogens with one attached hydrogen (secondary N) is 1. The van der Waals surface area contributed by atoms with Crippen molar-refractivity contribution >= 4 is 0 Å². The van der Waals surface area contributed by atoms with E-state index in [1.54, 1.807) is 6.26 Å². The summed E-state index contributed by atoms with van der Waals surface area (Å²) in [5.41, 5.74) is 0.260. The quantitative estimate of drug-likeness (QED) is 0.868. The van der Waals surface area contributed by atoms with E-state index in [1.807, 2.05) is 36.1 Å². The first-order valence-corrected chi connectivity index (χ1v) is 6.77. The van der Waals surface area contributed by atoms with E-state index in [0.29, 0.717) is 0 Å². The van der Waals surface area contributed by atoms with Gasteiger partial charge in [-0.3, -0.25) is 0 Å². The van der Waals surface area contributed by atoms with Gasteiger partial charge in [0.15, 0.2) is 0 Å². The molecule has 0 aliphatic rings. The van der Waals surface area contributed by atoms with Gasteiger partial charge >= 0.3 is 0 Å². The molecule has 4 heteroatoms. The number of hydrogen-bond acceptors (Lipinski definition) is 3. The highest BCUT2D eigenvalue weighted by Gasteiger charge is 2.24. The summed E-state index contributed by atoms with van der Waals surface area (Å²) in [4.78, 5) is 4.44. The highest BCUT2D eigenvalue weighted by atomic mass is 16.3. The van der Waals surface area contributed by atoms with Gasteiger partial charge in [-0.15, -0.1) is 0 Å². The van der Waals surface area contributed by atoms with Crippen LogP contribution in [0.2, 0.25) is 0 Å². The normalized spacial score (nSPS) is 13.7. The molecule has 2 aromatic rings. The zero-order chi connectivity index (χ0) is 13.9. The van der Waals surface area contributed by atoms with Crippen LogP contribution >= 0.6 is 0 Å². The molecule has 2 aromatic heterocycles. The first-order chi connectivity index (χ1) is 9.03. The van der Waals surface area contributed by atoms with Gasteiger partial charge in [0.25, 0.3) is 0 Å². The molecule has 2 rings (SSSR count). The van der Waals surface area contributed by atoms with Crippen molar-refractivity contribution in [2.75, 3.05) is 6.54 Å². The Kier molecular flexibility index (Phi) is 4.10. The first kappa shape index (κ1) is 13.9. The van der Waals surface area contributed by atoms with Crippen LogP contribution in [-0.2, 0) is 7.05 Å². The Hall–Kier alpha value is -1.55. The van der Waals surface area contributed by atoms with Crippen LogP contribution in [0.3, 0.4) is 0 Å². The van der Waals surface area contributed by atoms with Gasteiger partial charge in [0.2, 0.25) is 0 Å².